The molecule has 0 heterocycles. The van der Waals surface area contributed by atoms with Crippen LogP contribution in [0.2, 0.25) is 0 Å². The highest BCUT2D eigenvalue weighted by Gasteiger charge is 2.18. The van der Waals surface area contributed by atoms with Crippen molar-refractivity contribution < 1.29 is 30.7 Å². The fraction of sp³-hybridized carbons (Fsp3) is 0.727. The fourth-order valence-electron chi connectivity index (χ4n) is 7.13. The number of ether oxygens (including phenoxy) is 1. The topological polar surface area (TPSA) is 118 Å². The van der Waals surface area contributed by atoms with Crippen LogP contribution >= 0.6 is 0 Å². The maximum absolute atomic E-state index is 12.0. The molecule has 0 atom stereocenters. The van der Waals surface area contributed by atoms with Crippen LogP contribution in [0.5, 0.6) is 11.5 Å². The molecule has 9 heteroatoms. The number of hydrogen-bond acceptors (Lipinski definition) is 5. The average Bonchev–Trinajstić information content (AvgIpc) is 3.12. The summed E-state index contributed by atoms with van der Waals surface area (Å²) < 4.78 is 74.0. The molecule has 0 bridgehead atoms. The molecule has 0 amide bonds. The van der Waals surface area contributed by atoms with Crippen molar-refractivity contribution in [1.82, 2.24) is 0 Å². The second-order valence-electron chi connectivity index (χ2n) is 15.3. The van der Waals surface area contributed by atoms with E-state index in [4.69, 9.17) is 4.74 Å². The second kappa shape index (κ2) is 28.5. The summed E-state index contributed by atoms with van der Waals surface area (Å²) in [4.78, 5) is -0.562. The molecule has 0 spiro atoms. The molecule has 0 aromatic heterocycles. The lowest BCUT2D eigenvalue weighted by molar-refractivity contribution is 0.456. The summed E-state index contributed by atoms with van der Waals surface area (Å²) in [6, 6.07) is 8.72. The van der Waals surface area contributed by atoms with Gasteiger partial charge in [0.2, 0.25) is 0 Å². The minimum atomic E-state index is -4.48. The molecule has 0 saturated heterocycles. The van der Waals surface area contributed by atoms with Crippen LogP contribution in [0.1, 0.15) is 205 Å². The summed E-state index contributed by atoms with van der Waals surface area (Å²) in [5.74, 6) is 0.536. The molecule has 0 radical (unpaired) electrons. The van der Waals surface area contributed by atoms with E-state index in [0.29, 0.717) is 12.8 Å². The lowest BCUT2D eigenvalue weighted by atomic mass is 10.0. The van der Waals surface area contributed by atoms with Crippen molar-refractivity contribution in [2.24, 2.45) is 0 Å². The molecule has 0 aliphatic carbocycles. The number of hydrogen-bond donors (Lipinski definition) is 2. The molecule has 0 fully saturated rings. The van der Waals surface area contributed by atoms with Gasteiger partial charge in [-0.05, 0) is 48.9 Å². The van der Waals surface area contributed by atoms with E-state index < -0.39 is 20.2 Å². The third kappa shape index (κ3) is 22.3. The van der Waals surface area contributed by atoms with Crippen molar-refractivity contribution in [2.75, 3.05) is 0 Å². The van der Waals surface area contributed by atoms with Crippen LogP contribution in [-0.4, -0.2) is 25.9 Å². The van der Waals surface area contributed by atoms with Crippen LogP contribution in [0.4, 0.5) is 0 Å². The van der Waals surface area contributed by atoms with Crippen LogP contribution in [0.15, 0.2) is 46.2 Å². The Balaban J connectivity index is 1.89. The van der Waals surface area contributed by atoms with E-state index in [0.717, 1.165) is 49.7 Å². The minimum absolute atomic E-state index is 0.268. The van der Waals surface area contributed by atoms with Crippen LogP contribution in [0.3, 0.4) is 0 Å². The van der Waals surface area contributed by atoms with Crippen LogP contribution in [-0.2, 0) is 33.1 Å². The normalized spacial score (nSPS) is 12.1. The number of rotatable bonds is 34. The fourth-order valence-corrected chi connectivity index (χ4v) is 8.12. The predicted octanol–water partition coefficient (Wildman–Crippen LogP) is 14.0. The molecule has 0 aliphatic heterocycles. The van der Waals surface area contributed by atoms with E-state index in [1.54, 1.807) is 12.1 Å². The largest absolute Gasteiger partial charge is 0.457 e. The Bertz CT molecular complexity index is 1340. The minimum Gasteiger partial charge on any atom is -0.457 e. The number of unbranched alkanes of at least 4 members (excludes halogenated alkanes) is 26. The van der Waals surface area contributed by atoms with Gasteiger partial charge in [-0.15, -0.1) is 0 Å². The van der Waals surface area contributed by atoms with Crippen LogP contribution < -0.4 is 4.74 Å². The Morgan fingerprint density at radius 3 is 0.887 bits per heavy atom. The molecule has 2 aromatic carbocycles. The maximum Gasteiger partial charge on any atom is 0.294 e. The highest BCUT2D eigenvalue weighted by atomic mass is 32.2. The zero-order chi connectivity index (χ0) is 38.6. The summed E-state index contributed by atoms with van der Waals surface area (Å²) in [5, 5.41) is 0. The summed E-state index contributed by atoms with van der Waals surface area (Å²) in [5.41, 5.74) is 1.58. The van der Waals surface area contributed by atoms with E-state index >= 15 is 0 Å². The maximum atomic E-state index is 12.0. The molecule has 2 N–H and O–H groups in total. The Hall–Kier alpha value is -1.94. The summed E-state index contributed by atoms with van der Waals surface area (Å²) in [6.45, 7) is 4.51. The van der Waals surface area contributed by atoms with Gasteiger partial charge in [-0.3, -0.25) is 9.11 Å². The van der Waals surface area contributed by atoms with Crippen LogP contribution in [0, 0.1) is 0 Å². The van der Waals surface area contributed by atoms with Crippen molar-refractivity contribution in [3.05, 3.63) is 47.5 Å². The standard InChI is InChI=1S/C44H74O7S2/c1-3-5-7-9-11-13-15-17-19-21-23-25-27-29-31-39-33-35-41(52(45,46)47)37-43(39)51-44-38-42(53(48,49)50)36-34-40(44)32-30-28-26-24-22-20-18-16-14-12-10-8-6-4-2/h33-38H,3-32H2,1-2H3,(H,45,46,47)(H,48,49,50). The quantitative estimate of drug-likeness (QED) is 0.0536. The highest BCUT2D eigenvalue weighted by molar-refractivity contribution is 7.86. The Kier molecular flexibility index (Phi) is 25.4. The number of aryl methyl sites for hydroxylation is 2. The summed E-state index contributed by atoms with van der Waals surface area (Å²) in [7, 11) is -8.96. The number of benzene rings is 2. The second-order valence-corrected chi connectivity index (χ2v) is 18.1. The average molecular weight is 779 g/mol. The van der Waals surface area contributed by atoms with Gasteiger partial charge in [0.15, 0.2) is 0 Å². The first-order chi connectivity index (χ1) is 25.6. The Morgan fingerprint density at radius 1 is 0.396 bits per heavy atom. The van der Waals surface area contributed by atoms with Gasteiger partial charge in [0.1, 0.15) is 11.5 Å². The van der Waals surface area contributed by atoms with Gasteiger partial charge in [0.05, 0.1) is 9.79 Å². The summed E-state index contributed by atoms with van der Waals surface area (Å²) in [6.07, 6.45) is 36.5. The molecule has 0 aliphatic rings. The zero-order valence-corrected chi connectivity index (χ0v) is 35.1. The molecule has 0 unspecified atom stereocenters. The lowest BCUT2D eigenvalue weighted by Crippen LogP contribution is -2.03. The van der Waals surface area contributed by atoms with Gasteiger partial charge in [-0.25, -0.2) is 0 Å². The molecular formula is C44H74O7S2. The third-order valence-corrected chi connectivity index (χ3v) is 12.2. The van der Waals surface area contributed by atoms with Crippen molar-refractivity contribution in [3.63, 3.8) is 0 Å². The van der Waals surface area contributed by atoms with Crippen molar-refractivity contribution in [3.8, 4) is 11.5 Å². The molecule has 7 nitrogen and oxygen atoms in total. The smallest absolute Gasteiger partial charge is 0.294 e. The molecule has 53 heavy (non-hydrogen) atoms. The van der Waals surface area contributed by atoms with E-state index in [9.17, 15) is 25.9 Å². The van der Waals surface area contributed by atoms with Crippen molar-refractivity contribution >= 4 is 20.2 Å². The van der Waals surface area contributed by atoms with Gasteiger partial charge in [-0.1, -0.05) is 193 Å². The van der Waals surface area contributed by atoms with Gasteiger partial charge in [0, 0.05) is 12.1 Å². The lowest BCUT2D eigenvalue weighted by Gasteiger charge is -2.16. The molecule has 304 valence electrons. The molecule has 0 saturated carbocycles. The molecular weight excluding hydrogens is 705 g/mol. The van der Waals surface area contributed by atoms with E-state index in [1.807, 2.05) is 0 Å². The van der Waals surface area contributed by atoms with E-state index in [-0.39, 0.29) is 21.3 Å². The van der Waals surface area contributed by atoms with Gasteiger partial charge in [0.25, 0.3) is 20.2 Å². The van der Waals surface area contributed by atoms with Gasteiger partial charge in [-0.2, -0.15) is 16.8 Å². The van der Waals surface area contributed by atoms with Crippen molar-refractivity contribution in [2.45, 2.75) is 216 Å². The zero-order valence-electron chi connectivity index (χ0n) is 33.4. The monoisotopic (exact) mass is 778 g/mol. The van der Waals surface area contributed by atoms with Gasteiger partial charge >= 0.3 is 0 Å². The molecule has 2 rings (SSSR count). The summed E-state index contributed by atoms with van der Waals surface area (Å²) >= 11 is 0. The molecule has 2 aromatic rings. The Morgan fingerprint density at radius 2 is 0.642 bits per heavy atom. The van der Waals surface area contributed by atoms with Crippen molar-refractivity contribution in [1.29, 1.82) is 0 Å². The van der Waals surface area contributed by atoms with Crippen LogP contribution in [0.25, 0.3) is 0 Å². The Labute approximate surface area is 325 Å². The predicted molar refractivity (Wildman–Crippen MR) is 221 cm³/mol. The highest BCUT2D eigenvalue weighted by Crippen LogP contribution is 2.34. The van der Waals surface area contributed by atoms with E-state index in [2.05, 4.69) is 13.8 Å². The first-order valence-electron chi connectivity index (χ1n) is 21.4. The SMILES string of the molecule is CCCCCCCCCCCCCCCCc1ccc(S(=O)(=O)O)cc1Oc1cc(S(=O)(=O)O)ccc1CCCCCCCCCCCCCCCC. The van der Waals surface area contributed by atoms with Gasteiger partial charge < -0.3 is 4.74 Å². The third-order valence-electron chi connectivity index (χ3n) is 10.5. The van der Waals surface area contributed by atoms with E-state index in [1.165, 1.54) is 166 Å². The first-order valence-corrected chi connectivity index (χ1v) is 24.3. The first kappa shape index (κ1) is 47.2.